The Morgan fingerprint density at radius 2 is 2.23 bits per heavy atom. The zero-order valence-corrected chi connectivity index (χ0v) is 12.9. The fourth-order valence-corrected chi connectivity index (χ4v) is 1.97. The fourth-order valence-electron chi connectivity index (χ4n) is 1.78. The number of anilines is 2. The van der Waals surface area contributed by atoms with Gasteiger partial charge in [-0.15, -0.1) is 0 Å². The van der Waals surface area contributed by atoms with E-state index in [1.807, 2.05) is 18.2 Å². The molecule has 0 unspecified atom stereocenters. The molecule has 2 aromatic rings. The summed E-state index contributed by atoms with van der Waals surface area (Å²) >= 11 is 5.77. The fraction of sp³-hybridized carbons (Fsp3) is 0.286. The second-order valence-corrected chi connectivity index (χ2v) is 5.06. The molecule has 0 bridgehead atoms. The number of likely N-dealkylation sites (N-methyl/N-ethyl adjacent to an activating group) is 1. The van der Waals surface area contributed by atoms with Crippen LogP contribution in [0.5, 0.6) is 0 Å². The van der Waals surface area contributed by atoms with Crippen molar-refractivity contribution in [1.29, 1.82) is 0 Å². The number of carbonyl (C=O) groups is 1. The molecule has 0 saturated heterocycles. The van der Waals surface area contributed by atoms with Crippen molar-refractivity contribution in [2.75, 3.05) is 31.2 Å². The van der Waals surface area contributed by atoms with Crippen LogP contribution in [0.15, 0.2) is 30.5 Å². The number of rotatable bonds is 6. The van der Waals surface area contributed by atoms with Gasteiger partial charge >= 0.3 is 0 Å². The van der Waals surface area contributed by atoms with E-state index < -0.39 is 0 Å². The SMILES string of the molecule is CN(CCc1ccccn1)C(=O)CNc1cc(Cl)nc(N)n1. The van der Waals surface area contributed by atoms with E-state index in [0.717, 1.165) is 5.69 Å². The lowest BCUT2D eigenvalue weighted by molar-refractivity contribution is -0.128. The van der Waals surface area contributed by atoms with Gasteiger partial charge in [0.15, 0.2) is 0 Å². The van der Waals surface area contributed by atoms with Crippen LogP contribution in [0.3, 0.4) is 0 Å². The van der Waals surface area contributed by atoms with Gasteiger partial charge in [0.25, 0.3) is 0 Å². The number of amides is 1. The third kappa shape index (κ3) is 4.85. The van der Waals surface area contributed by atoms with Crippen LogP contribution in [0.25, 0.3) is 0 Å². The highest BCUT2D eigenvalue weighted by Crippen LogP contribution is 2.12. The third-order valence-corrected chi connectivity index (χ3v) is 3.18. The second-order valence-electron chi connectivity index (χ2n) is 4.67. The van der Waals surface area contributed by atoms with Gasteiger partial charge in [-0.2, -0.15) is 4.98 Å². The average molecular weight is 321 g/mol. The summed E-state index contributed by atoms with van der Waals surface area (Å²) < 4.78 is 0. The van der Waals surface area contributed by atoms with E-state index in [-0.39, 0.29) is 23.6 Å². The Kier molecular flexibility index (Phi) is 5.48. The van der Waals surface area contributed by atoms with E-state index in [0.29, 0.717) is 18.8 Å². The van der Waals surface area contributed by atoms with Crippen molar-refractivity contribution < 1.29 is 4.79 Å². The molecule has 7 nitrogen and oxygen atoms in total. The number of nitrogens with two attached hydrogens (primary N) is 1. The second kappa shape index (κ2) is 7.56. The first-order valence-electron chi connectivity index (χ1n) is 6.72. The molecule has 2 heterocycles. The molecule has 0 saturated carbocycles. The minimum atomic E-state index is -0.0655. The lowest BCUT2D eigenvalue weighted by Crippen LogP contribution is -2.34. The van der Waals surface area contributed by atoms with Crippen LogP contribution >= 0.6 is 11.6 Å². The highest BCUT2D eigenvalue weighted by molar-refractivity contribution is 6.29. The van der Waals surface area contributed by atoms with E-state index in [1.165, 1.54) is 6.07 Å². The van der Waals surface area contributed by atoms with Crippen molar-refractivity contribution in [2.45, 2.75) is 6.42 Å². The van der Waals surface area contributed by atoms with E-state index in [2.05, 4.69) is 20.3 Å². The largest absolute Gasteiger partial charge is 0.368 e. The lowest BCUT2D eigenvalue weighted by Gasteiger charge is -2.17. The number of halogens is 1. The molecule has 0 radical (unpaired) electrons. The van der Waals surface area contributed by atoms with E-state index >= 15 is 0 Å². The molecule has 0 aliphatic rings. The number of hydrogen-bond donors (Lipinski definition) is 2. The molecule has 2 rings (SSSR count). The van der Waals surface area contributed by atoms with Gasteiger partial charge in [0.2, 0.25) is 11.9 Å². The van der Waals surface area contributed by atoms with Crippen molar-refractivity contribution in [3.63, 3.8) is 0 Å². The molecule has 3 N–H and O–H groups in total. The van der Waals surface area contributed by atoms with Gasteiger partial charge in [-0.05, 0) is 12.1 Å². The van der Waals surface area contributed by atoms with E-state index in [4.69, 9.17) is 17.3 Å². The number of aromatic nitrogens is 3. The summed E-state index contributed by atoms with van der Waals surface area (Å²) in [5.41, 5.74) is 6.44. The maximum Gasteiger partial charge on any atom is 0.241 e. The summed E-state index contributed by atoms with van der Waals surface area (Å²) in [6, 6.07) is 7.23. The van der Waals surface area contributed by atoms with Gasteiger partial charge in [-0.3, -0.25) is 9.78 Å². The number of hydrogen-bond acceptors (Lipinski definition) is 6. The quantitative estimate of drug-likeness (QED) is 0.777. The minimum Gasteiger partial charge on any atom is -0.368 e. The molecule has 2 aromatic heterocycles. The van der Waals surface area contributed by atoms with Crippen molar-refractivity contribution in [3.8, 4) is 0 Å². The first-order valence-corrected chi connectivity index (χ1v) is 7.10. The smallest absolute Gasteiger partial charge is 0.241 e. The lowest BCUT2D eigenvalue weighted by atomic mass is 10.2. The summed E-state index contributed by atoms with van der Waals surface area (Å²) in [4.78, 5) is 25.6. The standard InChI is InChI=1S/C14H17ClN6O/c1-21(7-5-10-4-2-3-6-17-10)13(22)9-18-12-8-11(15)19-14(16)20-12/h2-4,6,8H,5,7,9H2,1H3,(H3,16,18,19,20). The van der Waals surface area contributed by atoms with Crippen LogP contribution in [0.4, 0.5) is 11.8 Å². The molecule has 0 fully saturated rings. The van der Waals surface area contributed by atoms with Crippen LogP contribution in [0.1, 0.15) is 5.69 Å². The Morgan fingerprint density at radius 1 is 1.41 bits per heavy atom. The topological polar surface area (TPSA) is 97.0 Å². The summed E-state index contributed by atoms with van der Waals surface area (Å²) in [6.45, 7) is 0.690. The zero-order valence-electron chi connectivity index (χ0n) is 12.2. The molecule has 1 amide bonds. The van der Waals surface area contributed by atoms with Crippen molar-refractivity contribution in [3.05, 3.63) is 41.3 Å². The van der Waals surface area contributed by atoms with E-state index in [9.17, 15) is 4.79 Å². The Morgan fingerprint density at radius 3 is 2.91 bits per heavy atom. The van der Waals surface area contributed by atoms with Crippen LogP contribution in [-0.2, 0) is 11.2 Å². The number of carbonyl (C=O) groups excluding carboxylic acids is 1. The van der Waals surface area contributed by atoms with Gasteiger partial charge in [-0.1, -0.05) is 17.7 Å². The average Bonchev–Trinajstić information content (AvgIpc) is 2.50. The summed E-state index contributed by atoms with van der Waals surface area (Å²) in [5, 5.41) is 3.11. The highest BCUT2D eigenvalue weighted by Gasteiger charge is 2.09. The van der Waals surface area contributed by atoms with Crippen molar-refractivity contribution in [2.24, 2.45) is 0 Å². The monoisotopic (exact) mass is 320 g/mol. The molecule has 22 heavy (non-hydrogen) atoms. The number of nitrogens with one attached hydrogen (secondary N) is 1. The van der Waals surface area contributed by atoms with Gasteiger partial charge < -0.3 is 16.0 Å². The normalized spacial score (nSPS) is 10.3. The number of pyridine rings is 1. The predicted octanol–water partition coefficient (Wildman–Crippen LogP) is 1.22. The van der Waals surface area contributed by atoms with E-state index in [1.54, 1.807) is 18.1 Å². The third-order valence-electron chi connectivity index (χ3n) is 2.99. The van der Waals surface area contributed by atoms with Crippen molar-refractivity contribution >= 4 is 29.3 Å². The molecule has 0 aromatic carbocycles. The molecule has 0 spiro atoms. The van der Waals surface area contributed by atoms with Gasteiger partial charge in [0.1, 0.15) is 11.0 Å². The minimum absolute atomic E-state index is 0.0611. The summed E-state index contributed by atoms with van der Waals surface area (Å²) in [6.07, 6.45) is 2.44. The molecule has 116 valence electrons. The molecule has 0 aliphatic heterocycles. The maximum atomic E-state index is 12.0. The first-order chi connectivity index (χ1) is 10.5. The molecule has 0 atom stereocenters. The molecular formula is C14H17ClN6O. The number of nitrogens with zero attached hydrogens (tertiary/aromatic N) is 4. The number of nitrogen functional groups attached to an aromatic ring is 1. The molecule has 8 heteroatoms. The van der Waals surface area contributed by atoms with Crippen molar-refractivity contribution in [1.82, 2.24) is 19.9 Å². The predicted molar refractivity (Wildman–Crippen MR) is 85.5 cm³/mol. The molecular weight excluding hydrogens is 304 g/mol. The van der Waals surface area contributed by atoms with Crippen LogP contribution in [0, 0.1) is 0 Å². The Labute approximate surface area is 133 Å². The summed E-state index contributed by atoms with van der Waals surface area (Å²) in [7, 11) is 1.74. The Bertz CT molecular complexity index is 616. The van der Waals surface area contributed by atoms with Gasteiger partial charge in [0.05, 0.1) is 6.54 Å². The van der Waals surface area contributed by atoms with Crippen LogP contribution in [0.2, 0.25) is 5.15 Å². The van der Waals surface area contributed by atoms with Gasteiger partial charge in [-0.25, -0.2) is 4.98 Å². The Hall–Kier alpha value is -2.41. The summed E-state index contributed by atoms with van der Waals surface area (Å²) in [5.74, 6) is 0.416. The zero-order chi connectivity index (χ0) is 15.9. The first kappa shape index (κ1) is 16.0. The van der Waals surface area contributed by atoms with Crippen LogP contribution in [-0.4, -0.2) is 45.9 Å². The molecule has 0 aliphatic carbocycles. The Balaban J connectivity index is 1.81. The maximum absolute atomic E-state index is 12.0. The highest BCUT2D eigenvalue weighted by atomic mass is 35.5. The van der Waals surface area contributed by atoms with Gasteiger partial charge in [0, 0.05) is 38.0 Å². The van der Waals surface area contributed by atoms with Crippen LogP contribution < -0.4 is 11.1 Å².